The average Bonchev–Trinajstić information content (AvgIpc) is 2.07. The molecule has 0 aliphatic heterocycles. The van der Waals surface area contributed by atoms with Crippen molar-refractivity contribution in [2.24, 2.45) is 0 Å². The maximum absolute atomic E-state index is 8.53. The predicted octanol–water partition coefficient (Wildman–Crippen LogP) is 2.43. The van der Waals surface area contributed by atoms with Gasteiger partial charge in [-0.2, -0.15) is 0 Å². The van der Waals surface area contributed by atoms with Crippen LogP contribution in [0.15, 0.2) is 23.8 Å². The molecule has 1 aliphatic rings. The summed E-state index contributed by atoms with van der Waals surface area (Å²) in [6.45, 7) is 0.268. The first-order valence-corrected chi connectivity index (χ1v) is 4.40. The first-order chi connectivity index (χ1) is 5.43. The van der Waals surface area contributed by atoms with Gasteiger partial charge >= 0.3 is 0 Å². The van der Waals surface area contributed by atoms with Gasteiger partial charge in [0.15, 0.2) is 0 Å². The number of hydrogen-bond donors (Lipinski definition) is 1. The molecule has 1 nitrogen and oxygen atoms in total. The molecule has 0 fully saturated rings. The van der Waals surface area contributed by atoms with Crippen LogP contribution >= 0.6 is 0 Å². The summed E-state index contributed by atoms with van der Waals surface area (Å²) in [7, 11) is 0. The Morgan fingerprint density at radius 2 is 2.36 bits per heavy atom. The van der Waals surface area contributed by atoms with Crippen molar-refractivity contribution in [2.45, 2.75) is 32.1 Å². The van der Waals surface area contributed by atoms with Crippen LogP contribution in [0.2, 0.25) is 0 Å². The smallest absolute Gasteiger partial charge is 0.0465 e. The lowest BCUT2D eigenvalue weighted by Gasteiger charge is -2.07. The fourth-order valence-electron chi connectivity index (χ4n) is 1.32. The van der Waals surface area contributed by atoms with E-state index in [2.05, 4.69) is 18.2 Å². The van der Waals surface area contributed by atoms with Gasteiger partial charge in [0, 0.05) is 6.61 Å². The fourth-order valence-corrected chi connectivity index (χ4v) is 1.32. The Morgan fingerprint density at radius 3 is 3.00 bits per heavy atom. The monoisotopic (exact) mass is 152 g/mol. The Labute approximate surface area is 68.4 Å². The van der Waals surface area contributed by atoms with E-state index in [1.54, 1.807) is 0 Å². The highest BCUT2D eigenvalue weighted by atomic mass is 16.2. The predicted molar refractivity (Wildman–Crippen MR) is 47.4 cm³/mol. The van der Waals surface area contributed by atoms with Crippen molar-refractivity contribution in [1.29, 1.82) is 0 Å². The summed E-state index contributed by atoms with van der Waals surface area (Å²) in [5.41, 5.74) is 1.45. The third kappa shape index (κ3) is 3.38. The van der Waals surface area contributed by atoms with E-state index in [9.17, 15) is 0 Å². The first kappa shape index (κ1) is 8.54. The Kier molecular flexibility index (Phi) is 3.99. The quantitative estimate of drug-likeness (QED) is 0.658. The van der Waals surface area contributed by atoms with Gasteiger partial charge < -0.3 is 5.11 Å². The van der Waals surface area contributed by atoms with E-state index in [0.717, 1.165) is 6.42 Å². The molecular weight excluding hydrogens is 136 g/mol. The Bertz CT molecular complexity index is 156. The van der Waals surface area contributed by atoms with Gasteiger partial charge in [-0.05, 0) is 32.1 Å². The van der Waals surface area contributed by atoms with Crippen LogP contribution in [-0.4, -0.2) is 11.7 Å². The van der Waals surface area contributed by atoms with Crippen LogP contribution in [0.4, 0.5) is 0 Å². The molecule has 0 spiro atoms. The van der Waals surface area contributed by atoms with Gasteiger partial charge in [0.05, 0.1) is 0 Å². The van der Waals surface area contributed by atoms with Crippen molar-refractivity contribution < 1.29 is 5.11 Å². The second-order valence-corrected chi connectivity index (χ2v) is 2.94. The van der Waals surface area contributed by atoms with E-state index in [1.807, 2.05) is 0 Å². The minimum Gasteiger partial charge on any atom is -0.396 e. The van der Waals surface area contributed by atoms with E-state index < -0.39 is 0 Å². The second-order valence-electron chi connectivity index (χ2n) is 2.94. The zero-order chi connectivity index (χ0) is 7.94. The molecule has 0 bridgehead atoms. The van der Waals surface area contributed by atoms with Crippen LogP contribution < -0.4 is 0 Å². The van der Waals surface area contributed by atoms with Gasteiger partial charge in [-0.3, -0.25) is 0 Å². The summed E-state index contributed by atoms with van der Waals surface area (Å²) >= 11 is 0. The Hall–Kier alpha value is -0.560. The van der Waals surface area contributed by atoms with E-state index in [4.69, 9.17) is 5.11 Å². The van der Waals surface area contributed by atoms with Gasteiger partial charge in [-0.15, -0.1) is 0 Å². The van der Waals surface area contributed by atoms with Crippen LogP contribution in [0, 0.1) is 0 Å². The molecule has 0 aromatic carbocycles. The van der Waals surface area contributed by atoms with Gasteiger partial charge in [0.1, 0.15) is 0 Å². The largest absolute Gasteiger partial charge is 0.396 e. The summed E-state index contributed by atoms with van der Waals surface area (Å²) in [5.74, 6) is 0. The third-order valence-corrected chi connectivity index (χ3v) is 1.95. The SMILES string of the molecule is OCCC=CC1=CCCCC1. The van der Waals surface area contributed by atoms with E-state index in [0.29, 0.717) is 0 Å². The van der Waals surface area contributed by atoms with Crippen molar-refractivity contribution >= 4 is 0 Å². The molecule has 0 atom stereocenters. The molecule has 0 saturated heterocycles. The normalized spacial score (nSPS) is 18.8. The van der Waals surface area contributed by atoms with Gasteiger partial charge in [0.2, 0.25) is 0 Å². The molecular formula is C10H16O. The first-order valence-electron chi connectivity index (χ1n) is 4.40. The maximum Gasteiger partial charge on any atom is 0.0465 e. The summed E-state index contributed by atoms with van der Waals surface area (Å²) in [6.07, 6.45) is 12.4. The van der Waals surface area contributed by atoms with Crippen LogP contribution in [0.1, 0.15) is 32.1 Å². The third-order valence-electron chi connectivity index (χ3n) is 1.95. The molecule has 62 valence electrons. The number of aliphatic hydroxyl groups excluding tert-OH is 1. The lowest BCUT2D eigenvalue weighted by molar-refractivity contribution is 0.302. The summed E-state index contributed by atoms with van der Waals surface area (Å²) < 4.78 is 0. The van der Waals surface area contributed by atoms with Crippen LogP contribution in [0.25, 0.3) is 0 Å². The van der Waals surface area contributed by atoms with Crippen LogP contribution in [0.5, 0.6) is 0 Å². The minimum atomic E-state index is 0.268. The Balaban J connectivity index is 2.29. The van der Waals surface area contributed by atoms with E-state index >= 15 is 0 Å². The zero-order valence-electron chi connectivity index (χ0n) is 6.92. The van der Waals surface area contributed by atoms with Crippen LogP contribution in [0.3, 0.4) is 0 Å². The molecule has 0 amide bonds. The van der Waals surface area contributed by atoms with Crippen molar-refractivity contribution in [3.8, 4) is 0 Å². The number of allylic oxidation sites excluding steroid dienone is 3. The molecule has 0 saturated carbocycles. The zero-order valence-corrected chi connectivity index (χ0v) is 6.92. The molecule has 1 N–H and O–H groups in total. The molecule has 1 heteroatoms. The van der Waals surface area contributed by atoms with Crippen molar-refractivity contribution in [3.63, 3.8) is 0 Å². The number of rotatable bonds is 3. The molecule has 0 heterocycles. The van der Waals surface area contributed by atoms with Gasteiger partial charge in [-0.1, -0.05) is 23.8 Å². The lowest BCUT2D eigenvalue weighted by atomic mass is 9.99. The number of aliphatic hydroxyl groups is 1. The highest BCUT2D eigenvalue weighted by Crippen LogP contribution is 2.17. The lowest BCUT2D eigenvalue weighted by Crippen LogP contribution is -1.88. The van der Waals surface area contributed by atoms with Crippen molar-refractivity contribution in [3.05, 3.63) is 23.8 Å². The average molecular weight is 152 g/mol. The molecule has 1 rings (SSSR count). The summed E-state index contributed by atoms with van der Waals surface area (Å²) in [5, 5.41) is 8.53. The summed E-state index contributed by atoms with van der Waals surface area (Å²) in [4.78, 5) is 0. The van der Waals surface area contributed by atoms with E-state index in [-0.39, 0.29) is 6.61 Å². The standard InChI is InChI=1S/C10H16O/c11-9-5-4-8-10-6-2-1-3-7-10/h4,6,8,11H,1-3,5,7,9H2. The van der Waals surface area contributed by atoms with Gasteiger partial charge in [0.25, 0.3) is 0 Å². The van der Waals surface area contributed by atoms with Gasteiger partial charge in [-0.25, -0.2) is 0 Å². The molecule has 0 unspecified atom stereocenters. The van der Waals surface area contributed by atoms with Crippen molar-refractivity contribution in [2.75, 3.05) is 6.61 Å². The molecule has 11 heavy (non-hydrogen) atoms. The Morgan fingerprint density at radius 1 is 1.45 bits per heavy atom. The van der Waals surface area contributed by atoms with Crippen molar-refractivity contribution in [1.82, 2.24) is 0 Å². The second kappa shape index (κ2) is 5.14. The molecule has 0 aromatic heterocycles. The highest BCUT2D eigenvalue weighted by Gasteiger charge is 1.98. The highest BCUT2D eigenvalue weighted by molar-refractivity contribution is 5.19. The van der Waals surface area contributed by atoms with Crippen LogP contribution in [-0.2, 0) is 0 Å². The summed E-state index contributed by atoms with van der Waals surface area (Å²) in [6, 6.07) is 0. The molecule has 1 aliphatic carbocycles. The molecule has 0 aromatic rings. The number of hydrogen-bond acceptors (Lipinski definition) is 1. The fraction of sp³-hybridized carbons (Fsp3) is 0.600. The minimum absolute atomic E-state index is 0.268. The maximum atomic E-state index is 8.53. The topological polar surface area (TPSA) is 20.2 Å². The molecule has 0 radical (unpaired) electrons. The van der Waals surface area contributed by atoms with E-state index in [1.165, 1.54) is 31.3 Å².